The highest BCUT2D eigenvalue weighted by molar-refractivity contribution is 4.91. The van der Waals surface area contributed by atoms with E-state index in [-0.39, 0.29) is 0 Å². The summed E-state index contributed by atoms with van der Waals surface area (Å²) in [5, 5.41) is 0. The zero-order valence-electron chi connectivity index (χ0n) is 8.89. The van der Waals surface area contributed by atoms with Crippen molar-refractivity contribution < 1.29 is 0 Å². The zero-order chi connectivity index (χ0) is 9.31. The van der Waals surface area contributed by atoms with E-state index in [1.165, 1.54) is 44.9 Å². The van der Waals surface area contributed by atoms with E-state index < -0.39 is 0 Å². The van der Waals surface area contributed by atoms with Gasteiger partial charge in [-0.15, -0.1) is 0 Å². The molecule has 0 radical (unpaired) electrons. The molecule has 0 aromatic heterocycles. The fourth-order valence-electron chi connectivity index (χ4n) is 3.16. The SMILES string of the molecule is CC1CCCC(CN)(CC2CC2)C1. The highest BCUT2D eigenvalue weighted by atomic mass is 14.6. The van der Waals surface area contributed by atoms with Gasteiger partial charge >= 0.3 is 0 Å². The Bertz CT molecular complexity index is 170. The Labute approximate surface area is 82.1 Å². The summed E-state index contributed by atoms with van der Waals surface area (Å²) in [4.78, 5) is 0. The summed E-state index contributed by atoms with van der Waals surface area (Å²) >= 11 is 0. The molecule has 2 aliphatic carbocycles. The summed E-state index contributed by atoms with van der Waals surface area (Å²) < 4.78 is 0. The summed E-state index contributed by atoms with van der Waals surface area (Å²) in [6.45, 7) is 3.34. The number of hydrogen-bond acceptors (Lipinski definition) is 1. The number of rotatable bonds is 3. The van der Waals surface area contributed by atoms with Crippen molar-refractivity contribution in [2.24, 2.45) is 23.0 Å². The molecule has 1 nitrogen and oxygen atoms in total. The van der Waals surface area contributed by atoms with Crippen molar-refractivity contribution in [3.05, 3.63) is 0 Å². The van der Waals surface area contributed by atoms with Crippen LogP contribution in [0.4, 0.5) is 0 Å². The Balaban J connectivity index is 1.94. The van der Waals surface area contributed by atoms with Crippen LogP contribution in [-0.4, -0.2) is 6.54 Å². The van der Waals surface area contributed by atoms with Crippen molar-refractivity contribution in [1.29, 1.82) is 0 Å². The molecule has 2 saturated carbocycles. The third-order valence-electron chi connectivity index (χ3n) is 4.04. The van der Waals surface area contributed by atoms with Gasteiger partial charge in [0, 0.05) is 0 Å². The third kappa shape index (κ3) is 2.25. The van der Waals surface area contributed by atoms with Crippen LogP contribution in [0.1, 0.15) is 51.9 Å². The first-order valence-corrected chi connectivity index (χ1v) is 5.94. The van der Waals surface area contributed by atoms with Crippen LogP contribution in [0.3, 0.4) is 0 Å². The van der Waals surface area contributed by atoms with Crippen LogP contribution in [0, 0.1) is 17.3 Å². The second kappa shape index (κ2) is 3.61. The number of nitrogens with two attached hydrogens (primary N) is 1. The molecule has 0 heterocycles. The fourth-order valence-corrected chi connectivity index (χ4v) is 3.16. The molecule has 2 aliphatic rings. The molecule has 2 N–H and O–H groups in total. The van der Waals surface area contributed by atoms with E-state index in [4.69, 9.17) is 5.73 Å². The van der Waals surface area contributed by atoms with E-state index >= 15 is 0 Å². The largest absolute Gasteiger partial charge is 0.330 e. The molecule has 0 spiro atoms. The molecule has 2 unspecified atom stereocenters. The van der Waals surface area contributed by atoms with Gasteiger partial charge < -0.3 is 5.73 Å². The lowest BCUT2D eigenvalue weighted by Crippen LogP contribution is -2.35. The van der Waals surface area contributed by atoms with Gasteiger partial charge in [-0.25, -0.2) is 0 Å². The Morgan fingerprint density at radius 2 is 2.08 bits per heavy atom. The van der Waals surface area contributed by atoms with Gasteiger partial charge in [0.1, 0.15) is 0 Å². The lowest BCUT2D eigenvalue weighted by Gasteiger charge is -2.39. The van der Waals surface area contributed by atoms with E-state index in [1.807, 2.05) is 0 Å². The van der Waals surface area contributed by atoms with Crippen LogP contribution < -0.4 is 5.73 Å². The molecule has 76 valence electrons. The second-order valence-electron chi connectivity index (χ2n) is 5.55. The smallest absolute Gasteiger partial charge is 0.00203 e. The highest BCUT2D eigenvalue weighted by Gasteiger charge is 2.38. The van der Waals surface area contributed by atoms with Crippen LogP contribution in [0.15, 0.2) is 0 Å². The lowest BCUT2D eigenvalue weighted by molar-refractivity contribution is 0.134. The maximum absolute atomic E-state index is 5.98. The fraction of sp³-hybridized carbons (Fsp3) is 1.00. The van der Waals surface area contributed by atoms with Crippen molar-refractivity contribution in [3.8, 4) is 0 Å². The Kier molecular flexibility index (Phi) is 2.64. The maximum Gasteiger partial charge on any atom is -0.00203 e. The normalized spacial score (nSPS) is 40.6. The summed E-state index contributed by atoms with van der Waals surface area (Å²) in [5.74, 6) is 1.98. The Morgan fingerprint density at radius 1 is 1.31 bits per heavy atom. The van der Waals surface area contributed by atoms with E-state index in [1.54, 1.807) is 0 Å². The van der Waals surface area contributed by atoms with Crippen LogP contribution in [0.2, 0.25) is 0 Å². The van der Waals surface area contributed by atoms with Gasteiger partial charge in [0.05, 0.1) is 0 Å². The number of hydrogen-bond donors (Lipinski definition) is 1. The van der Waals surface area contributed by atoms with E-state index in [2.05, 4.69) is 6.92 Å². The van der Waals surface area contributed by atoms with Crippen LogP contribution >= 0.6 is 0 Å². The van der Waals surface area contributed by atoms with E-state index in [0.29, 0.717) is 5.41 Å². The predicted molar refractivity (Wildman–Crippen MR) is 56.5 cm³/mol. The van der Waals surface area contributed by atoms with Gasteiger partial charge in [0.25, 0.3) is 0 Å². The van der Waals surface area contributed by atoms with Crippen molar-refractivity contribution in [1.82, 2.24) is 0 Å². The first-order chi connectivity index (χ1) is 6.24. The topological polar surface area (TPSA) is 26.0 Å². The molecule has 2 atom stereocenters. The minimum atomic E-state index is 0.554. The highest BCUT2D eigenvalue weighted by Crippen LogP contribution is 2.48. The minimum Gasteiger partial charge on any atom is -0.330 e. The Morgan fingerprint density at radius 3 is 2.62 bits per heavy atom. The molecule has 2 fully saturated rings. The van der Waals surface area contributed by atoms with Crippen molar-refractivity contribution in [2.75, 3.05) is 6.54 Å². The average Bonchev–Trinajstić information content (AvgIpc) is 2.88. The molecule has 1 heteroatoms. The second-order valence-corrected chi connectivity index (χ2v) is 5.55. The summed E-state index contributed by atoms with van der Waals surface area (Å²) in [5.41, 5.74) is 6.53. The van der Waals surface area contributed by atoms with Gasteiger partial charge in [-0.1, -0.05) is 32.6 Å². The van der Waals surface area contributed by atoms with E-state index in [0.717, 1.165) is 18.4 Å². The molecule has 0 aromatic carbocycles. The molecular weight excluding hydrogens is 158 g/mol. The lowest BCUT2D eigenvalue weighted by atomic mass is 9.67. The molecule has 2 rings (SSSR count). The molecule has 0 aliphatic heterocycles. The van der Waals surface area contributed by atoms with Crippen LogP contribution in [0.25, 0.3) is 0 Å². The molecule has 0 amide bonds. The zero-order valence-corrected chi connectivity index (χ0v) is 8.89. The molecule has 0 bridgehead atoms. The van der Waals surface area contributed by atoms with E-state index in [9.17, 15) is 0 Å². The van der Waals surface area contributed by atoms with Gasteiger partial charge in [0.2, 0.25) is 0 Å². The monoisotopic (exact) mass is 181 g/mol. The van der Waals surface area contributed by atoms with Crippen molar-refractivity contribution in [3.63, 3.8) is 0 Å². The Hall–Kier alpha value is -0.0400. The molecule has 0 aromatic rings. The molecule has 0 saturated heterocycles. The third-order valence-corrected chi connectivity index (χ3v) is 4.04. The average molecular weight is 181 g/mol. The van der Waals surface area contributed by atoms with Crippen molar-refractivity contribution >= 4 is 0 Å². The maximum atomic E-state index is 5.98. The van der Waals surface area contributed by atoms with Gasteiger partial charge in [-0.05, 0) is 43.1 Å². The van der Waals surface area contributed by atoms with Gasteiger partial charge in [-0.2, -0.15) is 0 Å². The molecular formula is C12H23N. The van der Waals surface area contributed by atoms with Gasteiger partial charge in [0.15, 0.2) is 0 Å². The van der Waals surface area contributed by atoms with Crippen LogP contribution in [0.5, 0.6) is 0 Å². The quantitative estimate of drug-likeness (QED) is 0.711. The van der Waals surface area contributed by atoms with Gasteiger partial charge in [-0.3, -0.25) is 0 Å². The van der Waals surface area contributed by atoms with Crippen molar-refractivity contribution in [2.45, 2.75) is 51.9 Å². The summed E-state index contributed by atoms with van der Waals surface area (Å²) in [7, 11) is 0. The summed E-state index contributed by atoms with van der Waals surface area (Å²) in [6, 6.07) is 0. The molecule has 13 heavy (non-hydrogen) atoms. The summed E-state index contributed by atoms with van der Waals surface area (Å²) in [6.07, 6.45) is 10.1. The first kappa shape index (κ1) is 9.51. The first-order valence-electron chi connectivity index (χ1n) is 5.94. The predicted octanol–water partition coefficient (Wildman–Crippen LogP) is 2.94. The van der Waals surface area contributed by atoms with Crippen LogP contribution in [-0.2, 0) is 0 Å². The standard InChI is InChI=1S/C12H23N/c1-10-3-2-6-12(7-10,9-13)8-11-4-5-11/h10-11H,2-9,13H2,1H3. The minimum absolute atomic E-state index is 0.554.